The van der Waals surface area contributed by atoms with Crippen LogP contribution in [-0.2, 0) is 9.59 Å². The van der Waals surface area contributed by atoms with Gasteiger partial charge >= 0.3 is 0 Å². The highest BCUT2D eigenvalue weighted by Crippen LogP contribution is 2.24. The predicted molar refractivity (Wildman–Crippen MR) is 115 cm³/mol. The van der Waals surface area contributed by atoms with Gasteiger partial charge in [0.25, 0.3) is 5.91 Å². The Balaban J connectivity index is 1.56. The number of nitrogens with one attached hydrogen (secondary N) is 2. The van der Waals surface area contributed by atoms with E-state index in [2.05, 4.69) is 22.8 Å². The smallest absolute Gasteiger partial charge is 0.258 e. The van der Waals surface area contributed by atoms with Crippen LogP contribution in [0.5, 0.6) is 5.75 Å². The number of carbonyl (C=O) groups excluding carboxylic acids is 2. The van der Waals surface area contributed by atoms with Gasteiger partial charge in [-0.05, 0) is 35.7 Å². The first-order valence-corrected chi connectivity index (χ1v) is 9.47. The fourth-order valence-electron chi connectivity index (χ4n) is 2.99. The molecule has 0 saturated carbocycles. The van der Waals surface area contributed by atoms with E-state index in [0.29, 0.717) is 11.4 Å². The zero-order chi connectivity index (χ0) is 20.6. The van der Waals surface area contributed by atoms with Crippen molar-refractivity contribution in [3.63, 3.8) is 0 Å². The summed E-state index contributed by atoms with van der Waals surface area (Å²) in [6, 6.07) is 25.1. The van der Waals surface area contributed by atoms with E-state index in [9.17, 15) is 9.59 Å². The summed E-state index contributed by atoms with van der Waals surface area (Å²) in [7, 11) is 0. The summed E-state index contributed by atoms with van der Waals surface area (Å²) in [5, 5.41) is 5.62. The van der Waals surface area contributed by atoms with Crippen LogP contribution < -0.4 is 15.4 Å². The molecule has 0 bridgehead atoms. The topological polar surface area (TPSA) is 67.4 Å². The Kier molecular flexibility index (Phi) is 6.63. The zero-order valence-electron chi connectivity index (χ0n) is 16.5. The normalized spacial score (nSPS) is 11.4. The molecule has 0 fully saturated rings. The van der Waals surface area contributed by atoms with Crippen molar-refractivity contribution in [3.05, 3.63) is 84.4 Å². The van der Waals surface area contributed by atoms with Crippen molar-refractivity contribution in [2.75, 3.05) is 11.9 Å². The number of amides is 2. The molecule has 0 aliphatic rings. The van der Waals surface area contributed by atoms with Gasteiger partial charge in [0.15, 0.2) is 6.61 Å². The van der Waals surface area contributed by atoms with Crippen molar-refractivity contribution in [2.45, 2.75) is 19.9 Å². The number of rotatable bonds is 7. The fourth-order valence-corrected chi connectivity index (χ4v) is 2.99. The minimum Gasteiger partial charge on any atom is -0.482 e. The van der Waals surface area contributed by atoms with E-state index < -0.39 is 0 Å². The molecule has 0 heterocycles. The summed E-state index contributed by atoms with van der Waals surface area (Å²) in [5.41, 5.74) is 3.83. The van der Waals surface area contributed by atoms with E-state index in [0.717, 1.165) is 16.7 Å². The average molecular weight is 388 g/mol. The van der Waals surface area contributed by atoms with Gasteiger partial charge in [0.1, 0.15) is 5.75 Å². The third kappa shape index (κ3) is 5.69. The van der Waals surface area contributed by atoms with E-state index >= 15 is 0 Å². The van der Waals surface area contributed by atoms with Crippen LogP contribution in [0.4, 0.5) is 5.69 Å². The van der Waals surface area contributed by atoms with Gasteiger partial charge in [-0.1, -0.05) is 66.7 Å². The summed E-state index contributed by atoms with van der Waals surface area (Å²) in [4.78, 5) is 23.6. The molecule has 0 saturated heterocycles. The molecule has 0 unspecified atom stereocenters. The molecule has 0 radical (unpaired) electrons. The first-order valence-electron chi connectivity index (χ1n) is 9.47. The molecule has 2 amide bonds. The largest absolute Gasteiger partial charge is 0.482 e. The van der Waals surface area contributed by atoms with Crippen molar-refractivity contribution < 1.29 is 14.3 Å². The molecule has 0 spiro atoms. The second kappa shape index (κ2) is 9.55. The van der Waals surface area contributed by atoms with Gasteiger partial charge < -0.3 is 15.4 Å². The summed E-state index contributed by atoms with van der Waals surface area (Å²) < 4.78 is 5.59. The van der Waals surface area contributed by atoms with Gasteiger partial charge in [-0.3, -0.25) is 9.59 Å². The van der Waals surface area contributed by atoms with Crippen LogP contribution in [0.1, 0.15) is 25.5 Å². The fraction of sp³-hybridized carbons (Fsp3) is 0.167. The number of ether oxygens (including phenoxy) is 1. The highest BCUT2D eigenvalue weighted by Gasteiger charge is 2.12. The molecule has 148 valence electrons. The third-order valence-electron chi connectivity index (χ3n) is 4.45. The Morgan fingerprint density at radius 3 is 2.17 bits per heavy atom. The van der Waals surface area contributed by atoms with E-state index in [1.165, 1.54) is 6.92 Å². The second-order valence-electron chi connectivity index (χ2n) is 6.74. The molecule has 29 heavy (non-hydrogen) atoms. The lowest BCUT2D eigenvalue weighted by Crippen LogP contribution is -2.31. The highest BCUT2D eigenvalue weighted by molar-refractivity contribution is 5.90. The van der Waals surface area contributed by atoms with Crippen LogP contribution in [0.3, 0.4) is 0 Å². The number of hydrogen-bond donors (Lipinski definition) is 2. The van der Waals surface area contributed by atoms with Crippen molar-refractivity contribution >= 4 is 17.5 Å². The van der Waals surface area contributed by atoms with Gasteiger partial charge in [-0.2, -0.15) is 0 Å². The lowest BCUT2D eigenvalue weighted by molar-refractivity contribution is -0.123. The molecule has 3 aromatic rings. The molecule has 0 aliphatic heterocycles. The maximum absolute atomic E-state index is 12.3. The van der Waals surface area contributed by atoms with Crippen molar-refractivity contribution in [1.29, 1.82) is 0 Å². The molecule has 0 aromatic heterocycles. The van der Waals surface area contributed by atoms with Gasteiger partial charge in [-0.15, -0.1) is 0 Å². The monoisotopic (exact) mass is 388 g/mol. The number of carbonyl (C=O) groups is 2. The highest BCUT2D eigenvalue weighted by atomic mass is 16.5. The molecule has 5 heteroatoms. The molecule has 5 nitrogen and oxygen atoms in total. The maximum atomic E-state index is 12.3. The Morgan fingerprint density at radius 1 is 0.862 bits per heavy atom. The van der Waals surface area contributed by atoms with Crippen molar-refractivity contribution in [3.8, 4) is 16.9 Å². The molecular weight excluding hydrogens is 364 g/mol. The molecule has 2 N–H and O–H groups in total. The number of anilines is 1. The van der Waals surface area contributed by atoms with Crippen LogP contribution in [0.15, 0.2) is 78.9 Å². The van der Waals surface area contributed by atoms with Crippen LogP contribution in [0.25, 0.3) is 11.1 Å². The number of para-hydroxylation sites is 2. The van der Waals surface area contributed by atoms with Crippen LogP contribution in [0, 0.1) is 0 Å². The van der Waals surface area contributed by atoms with Gasteiger partial charge in [0, 0.05) is 6.92 Å². The molecule has 1 atom stereocenters. The summed E-state index contributed by atoms with van der Waals surface area (Å²) in [5.74, 6) is 0.0260. The van der Waals surface area contributed by atoms with Gasteiger partial charge in [-0.25, -0.2) is 0 Å². The standard InChI is InChI=1S/C24H24N2O3/c1-17(19-12-14-21(15-13-19)20-8-4-3-5-9-20)25-24(28)16-29-23-11-7-6-10-22(23)26-18(2)27/h3-15,17H,16H2,1-2H3,(H,25,28)(H,26,27)/t17-/m1/s1. The summed E-state index contributed by atoms with van der Waals surface area (Å²) in [6.07, 6.45) is 0. The lowest BCUT2D eigenvalue weighted by Gasteiger charge is -2.16. The van der Waals surface area contributed by atoms with Crippen molar-refractivity contribution in [2.24, 2.45) is 0 Å². The molecular formula is C24H24N2O3. The van der Waals surface area contributed by atoms with E-state index in [1.54, 1.807) is 24.3 Å². The maximum Gasteiger partial charge on any atom is 0.258 e. The van der Waals surface area contributed by atoms with Crippen LogP contribution >= 0.6 is 0 Å². The zero-order valence-corrected chi connectivity index (χ0v) is 16.5. The lowest BCUT2D eigenvalue weighted by atomic mass is 10.0. The van der Waals surface area contributed by atoms with Crippen molar-refractivity contribution in [1.82, 2.24) is 5.32 Å². The Morgan fingerprint density at radius 2 is 1.48 bits per heavy atom. The minimum absolute atomic E-state index is 0.136. The third-order valence-corrected chi connectivity index (χ3v) is 4.45. The minimum atomic E-state index is -0.234. The van der Waals surface area contributed by atoms with Crippen LogP contribution in [0.2, 0.25) is 0 Å². The molecule has 0 aliphatic carbocycles. The first kappa shape index (κ1) is 20.1. The summed E-state index contributed by atoms with van der Waals surface area (Å²) in [6.45, 7) is 3.22. The average Bonchev–Trinajstić information content (AvgIpc) is 2.73. The summed E-state index contributed by atoms with van der Waals surface area (Å²) >= 11 is 0. The quantitative estimate of drug-likeness (QED) is 0.623. The number of hydrogen-bond acceptors (Lipinski definition) is 3. The van der Waals surface area contributed by atoms with E-state index in [-0.39, 0.29) is 24.5 Å². The van der Waals surface area contributed by atoms with E-state index in [1.807, 2.05) is 49.4 Å². The molecule has 3 rings (SSSR count). The van der Waals surface area contributed by atoms with Gasteiger partial charge in [0.2, 0.25) is 5.91 Å². The second-order valence-corrected chi connectivity index (χ2v) is 6.74. The predicted octanol–water partition coefficient (Wildman–Crippen LogP) is 4.57. The van der Waals surface area contributed by atoms with Gasteiger partial charge in [0.05, 0.1) is 11.7 Å². The Bertz CT molecular complexity index is 969. The first-order chi connectivity index (χ1) is 14.0. The SMILES string of the molecule is CC(=O)Nc1ccccc1OCC(=O)N[C@H](C)c1ccc(-c2ccccc2)cc1. The molecule has 3 aromatic carbocycles. The van der Waals surface area contributed by atoms with E-state index in [4.69, 9.17) is 4.74 Å². The Labute approximate surface area is 170 Å². The Hall–Kier alpha value is -3.60. The number of benzene rings is 3. The van der Waals surface area contributed by atoms with Crippen LogP contribution in [-0.4, -0.2) is 18.4 Å².